The van der Waals surface area contributed by atoms with E-state index in [9.17, 15) is 0 Å². The molecule has 1 aliphatic rings. The molecular formula is C16H25N3. The fraction of sp³-hybridized carbons (Fsp3) is 0.562. The Labute approximate surface area is 116 Å². The fourth-order valence-electron chi connectivity index (χ4n) is 2.98. The Morgan fingerprint density at radius 1 is 1.21 bits per heavy atom. The van der Waals surface area contributed by atoms with Gasteiger partial charge < -0.3 is 10.6 Å². The highest BCUT2D eigenvalue weighted by molar-refractivity contribution is 5.94. The molecular weight excluding hydrogens is 234 g/mol. The number of rotatable bonds is 5. The Bertz CT molecular complexity index is 405. The lowest BCUT2D eigenvalue weighted by Crippen LogP contribution is -2.26. The summed E-state index contributed by atoms with van der Waals surface area (Å²) in [6, 6.07) is 8.03. The third kappa shape index (κ3) is 4.35. The molecule has 0 unspecified atom stereocenters. The normalized spacial score (nSPS) is 16.7. The third-order valence-corrected chi connectivity index (χ3v) is 4.01. The number of nitrogens with one attached hydrogen (secondary N) is 1. The zero-order valence-electron chi connectivity index (χ0n) is 11.9. The van der Waals surface area contributed by atoms with Gasteiger partial charge in [-0.15, -0.1) is 0 Å². The monoisotopic (exact) mass is 259 g/mol. The van der Waals surface area contributed by atoms with E-state index in [1.54, 1.807) is 0 Å². The van der Waals surface area contributed by atoms with Crippen LogP contribution < -0.4 is 5.73 Å². The summed E-state index contributed by atoms with van der Waals surface area (Å²) < 4.78 is 0. The van der Waals surface area contributed by atoms with Crippen LogP contribution in [0, 0.1) is 11.3 Å². The van der Waals surface area contributed by atoms with Gasteiger partial charge in [0.2, 0.25) is 0 Å². The minimum absolute atomic E-state index is 0.141. The highest BCUT2D eigenvalue weighted by Gasteiger charge is 2.15. The number of nitrogen functional groups attached to an aromatic ring is 1. The van der Waals surface area contributed by atoms with Crippen LogP contribution in [0.25, 0.3) is 0 Å². The van der Waals surface area contributed by atoms with Crippen molar-refractivity contribution < 1.29 is 0 Å². The van der Waals surface area contributed by atoms with Crippen molar-refractivity contribution in [3.8, 4) is 0 Å². The van der Waals surface area contributed by atoms with E-state index in [1.807, 2.05) is 12.1 Å². The van der Waals surface area contributed by atoms with Crippen molar-refractivity contribution >= 4 is 5.84 Å². The zero-order chi connectivity index (χ0) is 13.7. The Balaban J connectivity index is 1.83. The van der Waals surface area contributed by atoms with Crippen LogP contribution in [0.1, 0.15) is 43.2 Å². The number of hydrogen-bond donors (Lipinski definition) is 2. The Morgan fingerprint density at radius 3 is 2.42 bits per heavy atom. The van der Waals surface area contributed by atoms with Gasteiger partial charge in [-0.3, -0.25) is 5.41 Å². The van der Waals surface area contributed by atoms with E-state index in [0.717, 1.165) is 18.0 Å². The summed E-state index contributed by atoms with van der Waals surface area (Å²) in [5, 5.41) is 7.38. The second kappa shape index (κ2) is 6.71. The van der Waals surface area contributed by atoms with Gasteiger partial charge in [-0.1, -0.05) is 43.5 Å². The van der Waals surface area contributed by atoms with Crippen molar-refractivity contribution in [1.82, 2.24) is 4.90 Å². The molecule has 1 aromatic rings. The van der Waals surface area contributed by atoms with Gasteiger partial charge in [0.15, 0.2) is 0 Å². The van der Waals surface area contributed by atoms with Gasteiger partial charge >= 0.3 is 0 Å². The average molecular weight is 259 g/mol. The summed E-state index contributed by atoms with van der Waals surface area (Å²) in [4.78, 5) is 2.42. The molecule has 1 fully saturated rings. The van der Waals surface area contributed by atoms with Gasteiger partial charge in [-0.2, -0.15) is 0 Å². The maximum Gasteiger partial charge on any atom is 0.122 e. The molecule has 104 valence electrons. The largest absolute Gasteiger partial charge is 0.384 e. The predicted octanol–water partition coefficient (Wildman–Crippen LogP) is 2.98. The van der Waals surface area contributed by atoms with Crippen molar-refractivity contribution in [3.63, 3.8) is 0 Å². The molecule has 1 aliphatic carbocycles. The van der Waals surface area contributed by atoms with E-state index < -0.39 is 0 Å². The number of nitrogens with two attached hydrogens (primary N) is 1. The van der Waals surface area contributed by atoms with Crippen LogP contribution in [0.3, 0.4) is 0 Å². The minimum Gasteiger partial charge on any atom is -0.384 e. The van der Waals surface area contributed by atoms with E-state index in [0.29, 0.717) is 0 Å². The second-order valence-electron chi connectivity index (χ2n) is 5.81. The number of hydrogen-bond acceptors (Lipinski definition) is 2. The van der Waals surface area contributed by atoms with Gasteiger partial charge in [0.1, 0.15) is 5.84 Å². The summed E-state index contributed by atoms with van der Waals surface area (Å²) in [6.45, 7) is 2.18. The van der Waals surface area contributed by atoms with Crippen LogP contribution in [-0.2, 0) is 6.54 Å². The van der Waals surface area contributed by atoms with Crippen molar-refractivity contribution in [2.24, 2.45) is 11.7 Å². The molecule has 2 rings (SSSR count). The smallest absolute Gasteiger partial charge is 0.122 e. The molecule has 0 aliphatic heterocycles. The molecule has 0 heterocycles. The zero-order valence-corrected chi connectivity index (χ0v) is 11.9. The molecule has 3 N–H and O–H groups in total. The first-order valence-electron chi connectivity index (χ1n) is 7.27. The van der Waals surface area contributed by atoms with Gasteiger partial charge in [-0.05, 0) is 31.4 Å². The lowest BCUT2D eigenvalue weighted by molar-refractivity contribution is 0.228. The molecule has 0 aromatic heterocycles. The predicted molar refractivity (Wildman–Crippen MR) is 80.4 cm³/mol. The molecule has 3 heteroatoms. The lowest BCUT2D eigenvalue weighted by atomic mass is 9.89. The van der Waals surface area contributed by atoms with Crippen LogP contribution in [-0.4, -0.2) is 24.3 Å². The molecule has 3 nitrogen and oxygen atoms in total. The molecule has 0 radical (unpaired) electrons. The molecule has 0 amide bonds. The summed E-state index contributed by atoms with van der Waals surface area (Å²) in [7, 11) is 2.20. The Morgan fingerprint density at radius 2 is 1.84 bits per heavy atom. The van der Waals surface area contributed by atoms with Crippen molar-refractivity contribution in [2.45, 2.75) is 38.6 Å². The van der Waals surface area contributed by atoms with Gasteiger partial charge in [0, 0.05) is 18.7 Å². The fourth-order valence-corrected chi connectivity index (χ4v) is 2.98. The molecule has 0 atom stereocenters. The minimum atomic E-state index is 0.141. The highest BCUT2D eigenvalue weighted by Crippen LogP contribution is 2.24. The van der Waals surface area contributed by atoms with Crippen LogP contribution in [0.5, 0.6) is 0 Å². The van der Waals surface area contributed by atoms with Gasteiger partial charge in [0.25, 0.3) is 0 Å². The Hall–Kier alpha value is -1.35. The SMILES string of the molecule is CN(Cc1ccc(C(=N)N)cc1)CC1CCCCC1. The average Bonchev–Trinajstić information content (AvgIpc) is 2.40. The van der Waals surface area contributed by atoms with E-state index in [-0.39, 0.29) is 5.84 Å². The van der Waals surface area contributed by atoms with Crippen LogP contribution in [0.4, 0.5) is 0 Å². The van der Waals surface area contributed by atoms with Crippen molar-refractivity contribution in [3.05, 3.63) is 35.4 Å². The first kappa shape index (κ1) is 14.1. The number of benzene rings is 1. The Kier molecular flexibility index (Phi) is 4.97. The molecule has 1 aromatic carbocycles. The van der Waals surface area contributed by atoms with Gasteiger partial charge in [0.05, 0.1) is 0 Å². The first-order valence-corrected chi connectivity index (χ1v) is 7.27. The van der Waals surface area contributed by atoms with Crippen LogP contribution >= 0.6 is 0 Å². The van der Waals surface area contributed by atoms with Crippen molar-refractivity contribution in [1.29, 1.82) is 5.41 Å². The third-order valence-electron chi connectivity index (χ3n) is 4.01. The first-order chi connectivity index (χ1) is 9.15. The summed E-state index contributed by atoms with van der Waals surface area (Å²) >= 11 is 0. The molecule has 1 saturated carbocycles. The maximum atomic E-state index is 7.38. The van der Waals surface area contributed by atoms with Crippen LogP contribution in [0.15, 0.2) is 24.3 Å². The van der Waals surface area contributed by atoms with Crippen molar-refractivity contribution in [2.75, 3.05) is 13.6 Å². The second-order valence-corrected chi connectivity index (χ2v) is 5.81. The quantitative estimate of drug-likeness (QED) is 0.631. The molecule has 0 bridgehead atoms. The summed E-state index contributed by atoms with van der Waals surface area (Å²) in [6.07, 6.45) is 7.03. The summed E-state index contributed by atoms with van der Waals surface area (Å²) in [5.74, 6) is 1.03. The van der Waals surface area contributed by atoms with Crippen LogP contribution in [0.2, 0.25) is 0 Å². The lowest BCUT2D eigenvalue weighted by Gasteiger charge is -2.27. The topological polar surface area (TPSA) is 53.1 Å². The number of amidine groups is 1. The highest BCUT2D eigenvalue weighted by atomic mass is 15.1. The molecule has 0 saturated heterocycles. The van der Waals surface area contributed by atoms with E-state index in [2.05, 4.69) is 24.1 Å². The molecule has 19 heavy (non-hydrogen) atoms. The van der Waals surface area contributed by atoms with E-state index in [1.165, 1.54) is 44.2 Å². The number of nitrogens with zero attached hydrogens (tertiary/aromatic N) is 1. The summed E-state index contributed by atoms with van der Waals surface area (Å²) in [5.41, 5.74) is 7.56. The standard InChI is InChI=1S/C16H25N3/c1-19(11-13-5-3-2-4-6-13)12-14-7-9-15(10-8-14)16(17)18/h7-10,13H,2-6,11-12H2,1H3,(H3,17,18). The van der Waals surface area contributed by atoms with Gasteiger partial charge in [-0.25, -0.2) is 0 Å². The molecule has 0 spiro atoms. The maximum absolute atomic E-state index is 7.38. The van der Waals surface area contributed by atoms with E-state index in [4.69, 9.17) is 11.1 Å². The van der Waals surface area contributed by atoms with E-state index >= 15 is 0 Å².